The van der Waals surface area contributed by atoms with Crippen molar-refractivity contribution < 1.29 is 29.1 Å². The van der Waals surface area contributed by atoms with Gasteiger partial charge in [0.1, 0.15) is 31.3 Å². The highest BCUT2D eigenvalue weighted by atomic mass is 16.6. The lowest BCUT2D eigenvalue weighted by Gasteiger charge is -2.39. The summed E-state index contributed by atoms with van der Waals surface area (Å²) in [6.45, 7) is 6.26. The summed E-state index contributed by atoms with van der Waals surface area (Å²) in [5.41, 5.74) is 1.63. The molecule has 11 heteroatoms. The predicted octanol–water partition coefficient (Wildman–Crippen LogP) is 2.86. The lowest BCUT2D eigenvalue weighted by Crippen LogP contribution is -2.64. The van der Waals surface area contributed by atoms with Crippen molar-refractivity contribution in [3.05, 3.63) is 36.0 Å². The number of fused-ring (bicyclic) bond motifs is 2. The summed E-state index contributed by atoms with van der Waals surface area (Å²) in [4.78, 5) is 62.8. The molecule has 11 nitrogen and oxygen atoms in total. The lowest BCUT2D eigenvalue weighted by molar-refractivity contribution is -0.147. The SMILES string of the molecule is CCC(O)CCCCC[C@@H]1NC(=O)[C@H]2CCCCN2C(=O)[C@H](C(C)CC)NC(=O)[C@H](Cc2cn(OC)c3ccccc23)NC1=O. The van der Waals surface area contributed by atoms with E-state index in [2.05, 4.69) is 16.0 Å². The van der Waals surface area contributed by atoms with Gasteiger partial charge in [0.15, 0.2) is 0 Å². The zero-order valence-electron chi connectivity index (χ0n) is 27.2. The van der Waals surface area contributed by atoms with Gasteiger partial charge in [-0.25, -0.2) is 0 Å². The Morgan fingerprint density at radius 3 is 2.40 bits per heavy atom. The summed E-state index contributed by atoms with van der Waals surface area (Å²) in [6.07, 6.45) is 8.40. The smallest absolute Gasteiger partial charge is 0.246 e. The second kappa shape index (κ2) is 16.1. The minimum absolute atomic E-state index is 0.164. The lowest BCUT2D eigenvalue weighted by atomic mass is 9.93. The number of rotatable bonds is 12. The number of aliphatic hydroxyl groups excluding tert-OH is 1. The molecule has 6 atom stereocenters. The van der Waals surface area contributed by atoms with Crippen LogP contribution in [0.15, 0.2) is 30.5 Å². The number of hydrogen-bond acceptors (Lipinski definition) is 6. The van der Waals surface area contributed by atoms with Crippen molar-refractivity contribution in [3.8, 4) is 0 Å². The quantitative estimate of drug-likeness (QED) is 0.267. The van der Waals surface area contributed by atoms with Gasteiger partial charge in [0, 0.05) is 24.5 Å². The third-order valence-corrected chi connectivity index (χ3v) is 9.51. The monoisotopic (exact) mass is 625 g/mol. The Hall–Kier alpha value is -3.60. The van der Waals surface area contributed by atoms with E-state index in [1.54, 1.807) is 22.9 Å². The zero-order chi connectivity index (χ0) is 32.5. The van der Waals surface area contributed by atoms with Crippen LogP contribution in [0.1, 0.15) is 90.5 Å². The van der Waals surface area contributed by atoms with Gasteiger partial charge in [-0.3, -0.25) is 19.2 Å². The molecular weight excluding hydrogens is 574 g/mol. The van der Waals surface area contributed by atoms with Crippen LogP contribution >= 0.6 is 0 Å². The molecule has 45 heavy (non-hydrogen) atoms. The molecule has 4 amide bonds. The first kappa shape index (κ1) is 34.3. The fourth-order valence-corrected chi connectivity index (χ4v) is 6.46. The Morgan fingerprint density at radius 1 is 0.933 bits per heavy atom. The van der Waals surface area contributed by atoms with Crippen LogP contribution in [0.4, 0.5) is 0 Å². The molecule has 0 spiro atoms. The van der Waals surface area contributed by atoms with Crippen molar-refractivity contribution in [2.75, 3.05) is 13.7 Å². The maximum Gasteiger partial charge on any atom is 0.246 e. The van der Waals surface area contributed by atoms with E-state index in [-0.39, 0.29) is 30.3 Å². The molecule has 4 rings (SSSR count). The highest BCUT2D eigenvalue weighted by molar-refractivity contribution is 5.98. The van der Waals surface area contributed by atoms with Crippen molar-refractivity contribution in [1.29, 1.82) is 0 Å². The molecule has 3 heterocycles. The molecule has 0 aliphatic carbocycles. The van der Waals surface area contributed by atoms with E-state index < -0.39 is 36.0 Å². The molecule has 0 bridgehead atoms. The van der Waals surface area contributed by atoms with Gasteiger partial charge in [-0.05, 0) is 56.1 Å². The molecular formula is C34H51N5O6. The zero-order valence-corrected chi connectivity index (χ0v) is 27.2. The van der Waals surface area contributed by atoms with Crippen LogP contribution in [0, 0.1) is 5.92 Å². The first-order valence-corrected chi connectivity index (χ1v) is 16.7. The number of piperidine rings is 1. The molecule has 4 N–H and O–H groups in total. The maximum atomic E-state index is 14.0. The van der Waals surface area contributed by atoms with Crippen LogP contribution in [0.2, 0.25) is 0 Å². The molecule has 2 aliphatic rings. The molecule has 1 aromatic carbocycles. The van der Waals surface area contributed by atoms with Crippen molar-refractivity contribution in [2.24, 2.45) is 5.92 Å². The number of nitrogens with zero attached hydrogens (tertiary/aromatic N) is 2. The Kier molecular flexibility index (Phi) is 12.3. The normalized spacial score (nSPS) is 24.5. The first-order valence-electron chi connectivity index (χ1n) is 16.7. The standard InChI is InChI=1S/C34H51N5O6/c1-5-22(3)30-34(44)38-19-13-12-18-29(38)33(43)35-26(16-9-7-8-14-24(40)6-2)31(41)36-27(32(42)37-30)20-23-21-39(45-4)28-17-11-10-15-25(23)28/h10-11,15,17,21-22,24,26-27,29-30,40H,5-9,12-14,16,18-20H2,1-4H3,(H,35,43)(H,36,41)(H,37,42)/t22?,24?,26-,27-,29+,30-/m0/s1. The Morgan fingerprint density at radius 2 is 1.67 bits per heavy atom. The molecule has 0 radical (unpaired) electrons. The number of nitrogens with one attached hydrogen (secondary N) is 3. The highest BCUT2D eigenvalue weighted by Crippen LogP contribution is 2.24. The van der Waals surface area contributed by atoms with Gasteiger partial charge >= 0.3 is 0 Å². The Bertz CT molecular complexity index is 1330. The summed E-state index contributed by atoms with van der Waals surface area (Å²) in [6, 6.07) is 4.28. The number of benzene rings is 1. The molecule has 2 unspecified atom stereocenters. The molecule has 2 aromatic rings. The van der Waals surface area contributed by atoms with Crippen LogP contribution in [0.5, 0.6) is 0 Å². The summed E-state index contributed by atoms with van der Waals surface area (Å²) >= 11 is 0. The molecule has 2 aliphatic heterocycles. The van der Waals surface area contributed by atoms with Gasteiger partial charge in [-0.2, -0.15) is 4.73 Å². The number of carbonyl (C=O) groups excluding carboxylic acids is 4. The number of aromatic nitrogens is 1. The Labute approximate surface area is 266 Å². The Balaban J connectivity index is 1.66. The van der Waals surface area contributed by atoms with Crippen LogP contribution in [-0.2, 0) is 25.6 Å². The predicted molar refractivity (Wildman–Crippen MR) is 172 cm³/mol. The number of para-hydroxylation sites is 1. The summed E-state index contributed by atoms with van der Waals surface area (Å²) in [5.74, 6) is -1.64. The minimum Gasteiger partial charge on any atom is -0.417 e. The van der Waals surface area contributed by atoms with Crippen LogP contribution in [0.25, 0.3) is 10.9 Å². The fraction of sp³-hybridized carbons (Fsp3) is 0.647. The molecule has 1 aromatic heterocycles. The van der Waals surface area contributed by atoms with Gasteiger partial charge in [0.25, 0.3) is 0 Å². The highest BCUT2D eigenvalue weighted by Gasteiger charge is 2.40. The first-order chi connectivity index (χ1) is 21.7. The average molecular weight is 626 g/mol. The van der Waals surface area contributed by atoms with E-state index >= 15 is 0 Å². The number of unbranched alkanes of at least 4 members (excludes halogenated alkanes) is 2. The third-order valence-electron chi connectivity index (χ3n) is 9.51. The maximum absolute atomic E-state index is 14.0. The van der Waals surface area contributed by atoms with E-state index in [1.165, 1.54) is 0 Å². The molecule has 0 saturated carbocycles. The third kappa shape index (κ3) is 8.36. The number of hydrogen-bond donors (Lipinski definition) is 4. The number of amides is 4. The van der Waals surface area contributed by atoms with Gasteiger partial charge in [0.2, 0.25) is 23.6 Å². The van der Waals surface area contributed by atoms with Crippen LogP contribution in [0.3, 0.4) is 0 Å². The topological polar surface area (TPSA) is 142 Å². The summed E-state index contributed by atoms with van der Waals surface area (Å²) in [7, 11) is 1.56. The van der Waals surface area contributed by atoms with Gasteiger partial charge in [0.05, 0.1) is 11.6 Å². The van der Waals surface area contributed by atoms with E-state index in [4.69, 9.17) is 4.84 Å². The van der Waals surface area contributed by atoms with Gasteiger partial charge < -0.3 is 30.8 Å². The second-order valence-corrected chi connectivity index (χ2v) is 12.6. The molecule has 2 fully saturated rings. The summed E-state index contributed by atoms with van der Waals surface area (Å²) < 4.78 is 1.63. The summed E-state index contributed by atoms with van der Waals surface area (Å²) in [5, 5.41) is 19.7. The van der Waals surface area contributed by atoms with Crippen LogP contribution < -0.4 is 20.8 Å². The van der Waals surface area contributed by atoms with Crippen molar-refractivity contribution in [1.82, 2.24) is 25.6 Å². The van der Waals surface area contributed by atoms with E-state index in [0.29, 0.717) is 45.1 Å². The van der Waals surface area contributed by atoms with Crippen molar-refractivity contribution in [3.63, 3.8) is 0 Å². The van der Waals surface area contributed by atoms with Gasteiger partial charge in [-0.1, -0.05) is 64.7 Å². The van der Waals surface area contributed by atoms with Crippen molar-refractivity contribution in [2.45, 2.75) is 122 Å². The average Bonchev–Trinajstić information content (AvgIpc) is 3.41. The fourth-order valence-electron chi connectivity index (χ4n) is 6.46. The van der Waals surface area contributed by atoms with Crippen LogP contribution in [-0.4, -0.2) is 82.3 Å². The number of carbonyl (C=O) groups is 4. The van der Waals surface area contributed by atoms with Crippen molar-refractivity contribution >= 4 is 34.5 Å². The number of aliphatic hydroxyl groups is 1. The van der Waals surface area contributed by atoms with E-state index in [0.717, 1.165) is 42.1 Å². The largest absolute Gasteiger partial charge is 0.417 e. The van der Waals surface area contributed by atoms with E-state index in [9.17, 15) is 24.3 Å². The molecule has 248 valence electrons. The molecule has 2 saturated heterocycles. The van der Waals surface area contributed by atoms with E-state index in [1.807, 2.05) is 45.0 Å². The minimum atomic E-state index is -0.997. The van der Waals surface area contributed by atoms with Gasteiger partial charge in [-0.15, -0.1) is 0 Å². The second-order valence-electron chi connectivity index (χ2n) is 12.6.